The molecule has 0 saturated carbocycles. The number of carbonyl (C=O) groups is 4. The first-order valence-electron chi connectivity index (χ1n) is 13.3. The lowest BCUT2D eigenvalue weighted by molar-refractivity contribution is -0.141. The Morgan fingerprint density at radius 1 is 0.512 bits per heavy atom. The summed E-state index contributed by atoms with van der Waals surface area (Å²) in [5.74, 6) is -4.39. The molecule has 4 aromatic rings. The highest BCUT2D eigenvalue weighted by atomic mass is 31.2. The van der Waals surface area contributed by atoms with Gasteiger partial charge in [-0.25, -0.2) is 0 Å². The van der Waals surface area contributed by atoms with Crippen molar-refractivity contribution in [3.63, 3.8) is 0 Å². The highest BCUT2D eigenvalue weighted by molar-refractivity contribution is 7.74. The lowest BCUT2D eigenvalue weighted by atomic mass is 10.0. The maximum atomic E-state index is 13.9. The highest BCUT2D eigenvalue weighted by Crippen LogP contribution is 2.45. The van der Waals surface area contributed by atoms with E-state index in [4.69, 9.17) is 14.8 Å². The van der Waals surface area contributed by atoms with E-state index in [1.807, 2.05) is 0 Å². The smallest absolute Gasteiger partial charge is 0.261 e. The van der Waals surface area contributed by atoms with Crippen molar-refractivity contribution in [2.24, 2.45) is 5.73 Å². The van der Waals surface area contributed by atoms with Gasteiger partial charge >= 0.3 is 0 Å². The van der Waals surface area contributed by atoms with Gasteiger partial charge in [-0.2, -0.15) is 0 Å². The Hall–Kier alpha value is -4.10. The average molecular weight is 618 g/mol. The topological polar surface area (TPSA) is 147 Å². The van der Waals surface area contributed by atoms with E-state index in [2.05, 4.69) is 0 Å². The van der Waals surface area contributed by atoms with E-state index in [1.54, 1.807) is 121 Å². The molecule has 0 bridgehead atoms. The molecule has 4 rings (SSSR count). The van der Waals surface area contributed by atoms with Crippen LogP contribution in [0, 0.1) is 0 Å². The molecule has 2 N–H and O–H groups in total. The second kappa shape index (κ2) is 14.4. The van der Waals surface area contributed by atoms with Crippen LogP contribution in [-0.2, 0) is 37.4 Å². The molecule has 1 unspecified atom stereocenters. The third kappa shape index (κ3) is 7.65. The first-order chi connectivity index (χ1) is 20.6. The summed E-state index contributed by atoms with van der Waals surface area (Å²) in [6, 6.07) is 31.4. The van der Waals surface area contributed by atoms with E-state index in [0.29, 0.717) is 21.2 Å². The van der Waals surface area contributed by atoms with E-state index < -0.39 is 63.5 Å². The molecule has 9 nitrogen and oxygen atoms in total. The van der Waals surface area contributed by atoms with Crippen molar-refractivity contribution in [1.82, 2.24) is 0 Å². The summed E-state index contributed by atoms with van der Waals surface area (Å²) in [5, 5.41) is 1.33. The quantitative estimate of drug-likeness (QED) is 0.157. The van der Waals surface area contributed by atoms with Gasteiger partial charge in [-0.15, -0.1) is 0 Å². The maximum Gasteiger partial charge on any atom is 0.261 e. The van der Waals surface area contributed by atoms with Crippen LogP contribution in [0.4, 0.5) is 0 Å². The predicted molar refractivity (Wildman–Crippen MR) is 164 cm³/mol. The summed E-state index contributed by atoms with van der Waals surface area (Å²) in [5.41, 5.74) is 5.82. The molecule has 43 heavy (non-hydrogen) atoms. The highest BCUT2D eigenvalue weighted by Gasteiger charge is 2.34. The number of benzene rings is 4. The molecule has 0 heterocycles. The van der Waals surface area contributed by atoms with Crippen LogP contribution in [0.2, 0.25) is 0 Å². The van der Waals surface area contributed by atoms with Gasteiger partial charge in [0.05, 0.1) is 6.04 Å². The molecule has 0 aromatic heterocycles. The molecule has 11 heteroatoms. The number of rotatable bonds is 15. The Balaban J connectivity index is 1.38. The molecular weight excluding hydrogens is 588 g/mol. The SMILES string of the molecule is NC(CC(=O)C(=O)COP(=O)(c1ccccc1)c1ccccc1)C(=O)C(=O)COP(=O)(c1ccccc1)c1ccccc1. The molecule has 0 aliphatic carbocycles. The molecule has 0 aliphatic heterocycles. The van der Waals surface area contributed by atoms with E-state index in [1.165, 1.54) is 0 Å². The van der Waals surface area contributed by atoms with Gasteiger partial charge < -0.3 is 14.8 Å². The molecular formula is C32H29NO8P2. The van der Waals surface area contributed by atoms with Crippen molar-refractivity contribution in [2.75, 3.05) is 13.2 Å². The van der Waals surface area contributed by atoms with Crippen LogP contribution in [-0.4, -0.2) is 42.4 Å². The van der Waals surface area contributed by atoms with Gasteiger partial charge in [0.25, 0.3) is 14.7 Å². The number of hydrogen-bond donors (Lipinski definition) is 1. The van der Waals surface area contributed by atoms with Crippen molar-refractivity contribution >= 4 is 59.1 Å². The monoisotopic (exact) mass is 617 g/mol. The molecule has 1 atom stereocenters. The van der Waals surface area contributed by atoms with Gasteiger partial charge in [0.1, 0.15) is 13.2 Å². The molecule has 0 fully saturated rings. The lowest BCUT2D eigenvalue weighted by Crippen LogP contribution is -2.41. The van der Waals surface area contributed by atoms with Crippen LogP contribution in [0.1, 0.15) is 6.42 Å². The van der Waals surface area contributed by atoms with Gasteiger partial charge in [-0.05, 0) is 48.5 Å². The van der Waals surface area contributed by atoms with E-state index in [0.717, 1.165) is 0 Å². The van der Waals surface area contributed by atoms with Crippen LogP contribution < -0.4 is 27.0 Å². The summed E-state index contributed by atoms with van der Waals surface area (Å²) < 4.78 is 38.9. The van der Waals surface area contributed by atoms with E-state index in [-0.39, 0.29) is 0 Å². The maximum absolute atomic E-state index is 13.9. The Labute approximate surface area is 248 Å². The fraction of sp³-hybridized carbons (Fsp3) is 0.125. The molecule has 0 saturated heterocycles. The second-order valence-corrected chi connectivity index (χ2v) is 14.2. The third-order valence-electron chi connectivity index (χ3n) is 6.47. The number of carbonyl (C=O) groups excluding carboxylic acids is 4. The van der Waals surface area contributed by atoms with Crippen molar-refractivity contribution in [3.05, 3.63) is 121 Å². The lowest BCUT2D eigenvalue weighted by Gasteiger charge is -2.19. The van der Waals surface area contributed by atoms with E-state index in [9.17, 15) is 28.3 Å². The first-order valence-corrected chi connectivity index (χ1v) is 16.5. The van der Waals surface area contributed by atoms with Crippen molar-refractivity contribution in [2.45, 2.75) is 12.5 Å². The van der Waals surface area contributed by atoms with Crippen molar-refractivity contribution in [1.29, 1.82) is 0 Å². The average Bonchev–Trinajstić information content (AvgIpc) is 3.06. The molecule has 220 valence electrons. The normalized spacial score (nSPS) is 12.3. The van der Waals surface area contributed by atoms with Crippen LogP contribution in [0.25, 0.3) is 0 Å². The second-order valence-electron chi connectivity index (χ2n) is 9.44. The first kappa shape index (κ1) is 31.8. The number of Topliss-reactive ketones (excluding diaryl/α,β-unsaturated/α-hetero) is 4. The van der Waals surface area contributed by atoms with Crippen LogP contribution >= 0.6 is 14.7 Å². The van der Waals surface area contributed by atoms with Crippen molar-refractivity contribution < 1.29 is 37.4 Å². The predicted octanol–water partition coefficient (Wildman–Crippen LogP) is 2.87. The minimum absolute atomic E-state index is 0.329. The summed E-state index contributed by atoms with van der Waals surface area (Å²) in [6.07, 6.45) is -0.775. The van der Waals surface area contributed by atoms with Gasteiger partial charge in [0.2, 0.25) is 23.1 Å². The Bertz CT molecular complexity index is 1590. The zero-order valence-electron chi connectivity index (χ0n) is 23.0. The standard InChI is InChI=1S/C32H29NO8P2/c33-28(32(37)31(36)23-41-43(39,26-17-9-3-10-18-26)27-19-11-4-12-20-27)21-29(34)30(35)22-40-42(38,24-13-5-1-6-14-24)25-15-7-2-8-16-25/h1-20,28H,21-23,33H2. The van der Waals surface area contributed by atoms with E-state index >= 15 is 0 Å². The summed E-state index contributed by atoms with van der Waals surface area (Å²) in [6.45, 7) is -1.68. The molecule has 0 amide bonds. The zero-order chi connectivity index (χ0) is 30.9. The van der Waals surface area contributed by atoms with Gasteiger partial charge in [0.15, 0.2) is 0 Å². The number of nitrogens with two attached hydrogens (primary N) is 1. The molecule has 4 aromatic carbocycles. The van der Waals surface area contributed by atoms with Crippen LogP contribution in [0.3, 0.4) is 0 Å². The van der Waals surface area contributed by atoms with Gasteiger partial charge in [-0.1, -0.05) is 72.8 Å². The Morgan fingerprint density at radius 2 is 0.814 bits per heavy atom. The minimum atomic E-state index is -3.75. The van der Waals surface area contributed by atoms with Crippen molar-refractivity contribution in [3.8, 4) is 0 Å². The molecule has 0 spiro atoms. The fourth-order valence-electron chi connectivity index (χ4n) is 4.16. The fourth-order valence-corrected chi connectivity index (χ4v) is 8.21. The Kier molecular flexibility index (Phi) is 10.6. The third-order valence-corrected chi connectivity index (χ3v) is 11.4. The summed E-state index contributed by atoms with van der Waals surface area (Å²) in [7, 11) is -7.48. The van der Waals surface area contributed by atoms with Gasteiger partial charge in [0, 0.05) is 27.6 Å². The molecule has 0 radical (unpaired) electrons. The van der Waals surface area contributed by atoms with Crippen LogP contribution in [0.15, 0.2) is 121 Å². The number of hydrogen-bond acceptors (Lipinski definition) is 9. The van der Waals surface area contributed by atoms with Crippen LogP contribution in [0.5, 0.6) is 0 Å². The largest absolute Gasteiger partial charge is 0.321 e. The number of ketones is 4. The molecule has 0 aliphatic rings. The summed E-state index contributed by atoms with van der Waals surface area (Å²) >= 11 is 0. The van der Waals surface area contributed by atoms with Gasteiger partial charge in [-0.3, -0.25) is 28.3 Å². The Morgan fingerprint density at radius 3 is 1.14 bits per heavy atom. The summed E-state index contributed by atoms with van der Waals surface area (Å²) in [4.78, 5) is 50.6. The zero-order valence-corrected chi connectivity index (χ0v) is 24.8. The minimum Gasteiger partial charge on any atom is -0.321 e.